The number of thioether (sulfide) groups is 1. The van der Waals surface area contributed by atoms with E-state index >= 15 is 0 Å². The van der Waals surface area contributed by atoms with Gasteiger partial charge in [-0.2, -0.15) is 11.8 Å². The van der Waals surface area contributed by atoms with E-state index in [0.717, 1.165) is 5.92 Å². The summed E-state index contributed by atoms with van der Waals surface area (Å²) in [7, 11) is 0. The van der Waals surface area contributed by atoms with Gasteiger partial charge in [0.15, 0.2) is 0 Å². The molecule has 1 unspecified atom stereocenters. The molecule has 5 heteroatoms. The van der Waals surface area contributed by atoms with Crippen molar-refractivity contribution in [2.24, 2.45) is 5.92 Å². The van der Waals surface area contributed by atoms with Gasteiger partial charge in [0.25, 0.3) is 0 Å². The molecule has 4 nitrogen and oxygen atoms in total. The van der Waals surface area contributed by atoms with E-state index in [2.05, 4.69) is 12.2 Å². The summed E-state index contributed by atoms with van der Waals surface area (Å²) in [6.07, 6.45) is 6.59. The van der Waals surface area contributed by atoms with Gasteiger partial charge in [0.2, 0.25) is 6.41 Å². The largest absolute Gasteiger partial charge is 0.480 e. The highest BCUT2D eigenvalue weighted by atomic mass is 32.2. The van der Waals surface area contributed by atoms with E-state index < -0.39 is 12.0 Å². The lowest BCUT2D eigenvalue weighted by Crippen LogP contribution is -2.38. The quantitative estimate of drug-likeness (QED) is 0.685. The maximum atomic E-state index is 10.8. The standard InChI is InChI=1S/C12H21NO3S/c1-2-9-3-5-10(6-4-9)17-7-11(12(15)16)13-8-14/h8-11H,2-7H2,1H3,(H,13,14)(H,15,16). The van der Waals surface area contributed by atoms with E-state index in [4.69, 9.17) is 5.11 Å². The Morgan fingerprint density at radius 1 is 1.47 bits per heavy atom. The molecule has 17 heavy (non-hydrogen) atoms. The zero-order chi connectivity index (χ0) is 12.7. The highest BCUT2D eigenvalue weighted by Gasteiger charge is 2.23. The first-order chi connectivity index (χ1) is 8.17. The number of carbonyl (C=O) groups is 2. The molecule has 1 atom stereocenters. The zero-order valence-electron chi connectivity index (χ0n) is 10.2. The van der Waals surface area contributed by atoms with Gasteiger partial charge in [-0.15, -0.1) is 0 Å². The topological polar surface area (TPSA) is 66.4 Å². The fraction of sp³-hybridized carbons (Fsp3) is 0.833. The Bertz CT molecular complexity index is 252. The molecule has 0 saturated heterocycles. The third kappa shape index (κ3) is 4.98. The highest BCUT2D eigenvalue weighted by molar-refractivity contribution is 7.99. The van der Waals surface area contributed by atoms with Crippen LogP contribution in [0.4, 0.5) is 0 Å². The minimum atomic E-state index is -0.952. The van der Waals surface area contributed by atoms with Crippen molar-refractivity contribution in [3.63, 3.8) is 0 Å². The van der Waals surface area contributed by atoms with Crippen LogP contribution in [0.3, 0.4) is 0 Å². The molecule has 1 saturated carbocycles. The SMILES string of the molecule is CCC1CCC(SCC(NC=O)C(=O)O)CC1. The van der Waals surface area contributed by atoms with Crippen molar-refractivity contribution in [3.8, 4) is 0 Å². The average molecular weight is 259 g/mol. The Hall–Kier alpha value is -0.710. The second kappa shape index (κ2) is 7.58. The van der Waals surface area contributed by atoms with Gasteiger partial charge in [0, 0.05) is 11.0 Å². The highest BCUT2D eigenvalue weighted by Crippen LogP contribution is 2.33. The van der Waals surface area contributed by atoms with E-state index in [1.54, 1.807) is 11.8 Å². The first-order valence-electron chi connectivity index (χ1n) is 6.21. The van der Waals surface area contributed by atoms with Crippen molar-refractivity contribution in [1.29, 1.82) is 0 Å². The smallest absolute Gasteiger partial charge is 0.327 e. The van der Waals surface area contributed by atoms with Crippen LogP contribution in [-0.2, 0) is 9.59 Å². The molecule has 1 rings (SSSR count). The maximum Gasteiger partial charge on any atom is 0.327 e. The number of carboxylic acid groups (broad SMARTS) is 1. The fourth-order valence-electron chi connectivity index (χ4n) is 2.21. The number of carbonyl (C=O) groups excluding carboxylic acids is 1. The number of carboxylic acids is 1. The van der Waals surface area contributed by atoms with Crippen LogP contribution in [0.5, 0.6) is 0 Å². The lowest BCUT2D eigenvalue weighted by Gasteiger charge is -2.27. The maximum absolute atomic E-state index is 10.8. The number of aliphatic carboxylic acids is 1. The molecule has 0 aromatic rings. The zero-order valence-corrected chi connectivity index (χ0v) is 11.0. The molecule has 1 aliphatic rings. The van der Waals surface area contributed by atoms with Gasteiger partial charge < -0.3 is 10.4 Å². The number of hydrogen-bond donors (Lipinski definition) is 2. The molecule has 0 heterocycles. The van der Waals surface area contributed by atoms with Gasteiger partial charge in [0.05, 0.1) is 0 Å². The van der Waals surface area contributed by atoms with Crippen LogP contribution >= 0.6 is 11.8 Å². The summed E-state index contributed by atoms with van der Waals surface area (Å²) >= 11 is 1.68. The molecule has 1 aliphatic carbocycles. The minimum Gasteiger partial charge on any atom is -0.480 e. The Morgan fingerprint density at radius 2 is 2.12 bits per heavy atom. The van der Waals surface area contributed by atoms with Crippen molar-refractivity contribution in [2.45, 2.75) is 50.3 Å². The number of amides is 1. The summed E-state index contributed by atoms with van der Waals surface area (Å²) in [5.74, 6) is 0.372. The van der Waals surface area contributed by atoms with Gasteiger partial charge in [-0.05, 0) is 31.6 Å². The molecule has 2 N–H and O–H groups in total. The third-order valence-electron chi connectivity index (χ3n) is 3.44. The van der Waals surface area contributed by atoms with Gasteiger partial charge in [0.1, 0.15) is 6.04 Å². The van der Waals surface area contributed by atoms with E-state index in [9.17, 15) is 9.59 Å². The van der Waals surface area contributed by atoms with Crippen LogP contribution in [0, 0.1) is 5.92 Å². The average Bonchev–Trinajstić information content (AvgIpc) is 2.34. The van der Waals surface area contributed by atoms with Crippen molar-refractivity contribution >= 4 is 24.1 Å². The number of nitrogens with one attached hydrogen (secondary N) is 1. The summed E-state index contributed by atoms with van der Waals surface area (Å²) in [6.45, 7) is 2.23. The molecule has 0 aromatic heterocycles. The molecule has 0 aromatic carbocycles. The summed E-state index contributed by atoms with van der Waals surface area (Å²) in [4.78, 5) is 21.1. The Morgan fingerprint density at radius 3 is 2.59 bits per heavy atom. The number of rotatable bonds is 7. The minimum absolute atomic E-state index is 0.466. The monoisotopic (exact) mass is 259 g/mol. The Balaban J connectivity index is 2.25. The van der Waals surface area contributed by atoms with Crippen molar-refractivity contribution < 1.29 is 14.7 Å². The van der Waals surface area contributed by atoms with E-state index in [1.807, 2.05) is 0 Å². The van der Waals surface area contributed by atoms with Crippen molar-refractivity contribution in [1.82, 2.24) is 5.32 Å². The fourth-order valence-corrected chi connectivity index (χ4v) is 3.52. The van der Waals surface area contributed by atoms with Crippen LogP contribution in [0.1, 0.15) is 39.0 Å². The van der Waals surface area contributed by atoms with Gasteiger partial charge >= 0.3 is 5.97 Å². The summed E-state index contributed by atoms with van der Waals surface area (Å²) in [5, 5.41) is 11.8. The molecule has 0 aliphatic heterocycles. The predicted octanol–water partition coefficient (Wildman–Crippen LogP) is 1.89. The summed E-state index contributed by atoms with van der Waals surface area (Å²) in [5.41, 5.74) is 0. The molecular weight excluding hydrogens is 238 g/mol. The predicted molar refractivity (Wildman–Crippen MR) is 69.1 cm³/mol. The Kier molecular flexibility index (Phi) is 6.40. The van der Waals surface area contributed by atoms with Crippen LogP contribution in [0.25, 0.3) is 0 Å². The second-order valence-electron chi connectivity index (χ2n) is 4.56. The van der Waals surface area contributed by atoms with Gasteiger partial charge in [-0.25, -0.2) is 4.79 Å². The summed E-state index contributed by atoms with van der Waals surface area (Å²) in [6, 6.07) is -0.749. The van der Waals surface area contributed by atoms with E-state index in [1.165, 1.54) is 32.1 Å². The third-order valence-corrected chi connectivity index (χ3v) is 4.91. The Labute approximate surface area is 107 Å². The lowest BCUT2D eigenvalue weighted by atomic mass is 9.87. The number of hydrogen-bond acceptors (Lipinski definition) is 3. The molecule has 0 spiro atoms. The molecule has 0 bridgehead atoms. The van der Waals surface area contributed by atoms with Crippen LogP contribution in [0.2, 0.25) is 0 Å². The first-order valence-corrected chi connectivity index (χ1v) is 7.26. The van der Waals surface area contributed by atoms with Crippen LogP contribution < -0.4 is 5.32 Å². The molecule has 1 amide bonds. The van der Waals surface area contributed by atoms with Crippen molar-refractivity contribution in [2.75, 3.05) is 5.75 Å². The van der Waals surface area contributed by atoms with E-state index in [-0.39, 0.29) is 0 Å². The van der Waals surface area contributed by atoms with Gasteiger partial charge in [-0.3, -0.25) is 4.79 Å². The van der Waals surface area contributed by atoms with Crippen LogP contribution in [0.15, 0.2) is 0 Å². The molecule has 1 fully saturated rings. The molecule has 98 valence electrons. The molecular formula is C12H21NO3S. The van der Waals surface area contributed by atoms with Crippen molar-refractivity contribution in [3.05, 3.63) is 0 Å². The van der Waals surface area contributed by atoms with Crippen LogP contribution in [-0.4, -0.2) is 34.5 Å². The van der Waals surface area contributed by atoms with Gasteiger partial charge in [-0.1, -0.05) is 13.3 Å². The second-order valence-corrected chi connectivity index (χ2v) is 5.89. The lowest BCUT2D eigenvalue weighted by molar-refractivity contribution is -0.139. The summed E-state index contributed by atoms with van der Waals surface area (Å²) < 4.78 is 0. The molecule has 0 radical (unpaired) electrons. The van der Waals surface area contributed by atoms with E-state index in [0.29, 0.717) is 17.4 Å². The normalized spacial score (nSPS) is 26.2. The first kappa shape index (κ1) is 14.4.